The summed E-state index contributed by atoms with van der Waals surface area (Å²) in [6, 6.07) is 17.8. The Labute approximate surface area is 119 Å². The van der Waals surface area contributed by atoms with Gasteiger partial charge in [-0.1, -0.05) is 30.3 Å². The van der Waals surface area contributed by atoms with Gasteiger partial charge in [0.15, 0.2) is 0 Å². The van der Waals surface area contributed by atoms with Crippen LogP contribution in [0.2, 0.25) is 0 Å². The van der Waals surface area contributed by atoms with E-state index >= 15 is 0 Å². The molecule has 0 saturated carbocycles. The van der Waals surface area contributed by atoms with Crippen LogP contribution in [-0.2, 0) is 6.42 Å². The lowest BCUT2D eigenvalue weighted by molar-refractivity contribution is 0.254. The van der Waals surface area contributed by atoms with Gasteiger partial charge in [0.05, 0.1) is 0 Å². The van der Waals surface area contributed by atoms with E-state index in [0.717, 1.165) is 24.3 Å². The highest BCUT2D eigenvalue weighted by Crippen LogP contribution is 2.13. The fraction of sp³-hybridized carbons (Fsp3) is 0.188. The highest BCUT2D eigenvalue weighted by Gasteiger charge is 1.98. The van der Waals surface area contributed by atoms with Gasteiger partial charge in [-0.05, 0) is 36.2 Å². The molecule has 2 amide bonds. The number of nitrogens with one attached hydrogen (secondary N) is 3. The third-order valence-corrected chi connectivity index (χ3v) is 2.96. The van der Waals surface area contributed by atoms with Crippen molar-refractivity contribution >= 4 is 17.4 Å². The smallest absolute Gasteiger partial charge is 0.318 e. The van der Waals surface area contributed by atoms with Crippen LogP contribution in [0.3, 0.4) is 0 Å². The van der Waals surface area contributed by atoms with Crippen LogP contribution >= 0.6 is 0 Å². The van der Waals surface area contributed by atoms with Crippen LogP contribution in [0.15, 0.2) is 54.6 Å². The van der Waals surface area contributed by atoms with Gasteiger partial charge in [-0.3, -0.25) is 0 Å². The minimum atomic E-state index is -0.213. The summed E-state index contributed by atoms with van der Waals surface area (Å²) in [6.07, 6.45) is 0.985. The summed E-state index contributed by atoms with van der Waals surface area (Å²) in [5.74, 6) is 0. The summed E-state index contributed by atoms with van der Waals surface area (Å²) in [5, 5.41) is 8.60. The van der Waals surface area contributed by atoms with Crippen LogP contribution in [-0.4, -0.2) is 19.6 Å². The topological polar surface area (TPSA) is 53.2 Å². The lowest BCUT2D eigenvalue weighted by Gasteiger charge is -2.08. The SMILES string of the molecule is CNC(=O)Nc1ccc(NCCc2ccccc2)cc1. The van der Waals surface area contributed by atoms with E-state index in [1.54, 1.807) is 7.05 Å². The molecule has 2 aromatic rings. The minimum Gasteiger partial charge on any atom is -0.385 e. The normalized spacial score (nSPS) is 9.85. The fourth-order valence-corrected chi connectivity index (χ4v) is 1.86. The van der Waals surface area contributed by atoms with Crippen molar-refractivity contribution in [3.63, 3.8) is 0 Å². The molecule has 0 aliphatic rings. The van der Waals surface area contributed by atoms with Crippen LogP contribution in [0.4, 0.5) is 16.2 Å². The number of benzene rings is 2. The van der Waals surface area contributed by atoms with Gasteiger partial charge in [-0.2, -0.15) is 0 Å². The van der Waals surface area contributed by atoms with Crippen molar-refractivity contribution in [3.8, 4) is 0 Å². The van der Waals surface area contributed by atoms with Crippen LogP contribution in [0.1, 0.15) is 5.56 Å². The molecule has 0 aliphatic heterocycles. The maximum absolute atomic E-state index is 11.2. The Kier molecular flexibility index (Phi) is 5.00. The molecule has 0 bridgehead atoms. The number of urea groups is 1. The Morgan fingerprint density at radius 1 is 0.950 bits per heavy atom. The summed E-state index contributed by atoms with van der Waals surface area (Å²) in [5.41, 5.74) is 3.14. The van der Waals surface area contributed by atoms with E-state index in [1.165, 1.54) is 5.56 Å². The standard InChI is InChI=1S/C16H19N3O/c1-17-16(20)19-15-9-7-14(8-10-15)18-12-11-13-5-3-2-4-6-13/h2-10,18H,11-12H2,1H3,(H2,17,19,20). The predicted molar refractivity (Wildman–Crippen MR) is 83.2 cm³/mol. The van der Waals surface area contributed by atoms with Crippen molar-refractivity contribution in [2.75, 3.05) is 24.2 Å². The molecule has 0 aromatic heterocycles. The summed E-state index contributed by atoms with van der Waals surface area (Å²) in [7, 11) is 1.59. The molecule has 20 heavy (non-hydrogen) atoms. The molecule has 2 aromatic carbocycles. The van der Waals surface area contributed by atoms with Gasteiger partial charge in [0.25, 0.3) is 0 Å². The van der Waals surface area contributed by atoms with E-state index in [2.05, 4.69) is 40.2 Å². The maximum Gasteiger partial charge on any atom is 0.318 e. The molecule has 4 nitrogen and oxygen atoms in total. The van der Waals surface area contributed by atoms with Crippen LogP contribution in [0, 0.1) is 0 Å². The molecule has 4 heteroatoms. The summed E-state index contributed by atoms with van der Waals surface area (Å²) in [6.45, 7) is 0.881. The highest BCUT2D eigenvalue weighted by molar-refractivity contribution is 5.89. The monoisotopic (exact) mass is 269 g/mol. The van der Waals surface area contributed by atoms with Gasteiger partial charge in [-0.25, -0.2) is 4.79 Å². The summed E-state index contributed by atoms with van der Waals surface area (Å²) >= 11 is 0. The second-order valence-corrected chi connectivity index (χ2v) is 4.44. The van der Waals surface area contributed by atoms with E-state index in [0.29, 0.717) is 0 Å². The Balaban J connectivity index is 1.80. The van der Waals surface area contributed by atoms with E-state index in [9.17, 15) is 4.79 Å². The average molecular weight is 269 g/mol. The number of anilines is 2. The molecule has 0 heterocycles. The number of amides is 2. The number of hydrogen-bond donors (Lipinski definition) is 3. The minimum absolute atomic E-state index is 0.213. The van der Waals surface area contributed by atoms with E-state index in [-0.39, 0.29) is 6.03 Å². The van der Waals surface area contributed by atoms with Crippen molar-refractivity contribution < 1.29 is 4.79 Å². The zero-order chi connectivity index (χ0) is 14.2. The Morgan fingerprint density at radius 3 is 2.25 bits per heavy atom. The largest absolute Gasteiger partial charge is 0.385 e. The van der Waals surface area contributed by atoms with Crippen molar-refractivity contribution in [3.05, 3.63) is 60.2 Å². The summed E-state index contributed by atoms with van der Waals surface area (Å²) < 4.78 is 0. The van der Waals surface area contributed by atoms with Crippen LogP contribution in [0.25, 0.3) is 0 Å². The van der Waals surface area contributed by atoms with Gasteiger partial charge >= 0.3 is 6.03 Å². The average Bonchev–Trinajstić information content (AvgIpc) is 2.50. The second kappa shape index (κ2) is 7.19. The van der Waals surface area contributed by atoms with Gasteiger partial charge in [0.1, 0.15) is 0 Å². The molecule has 0 atom stereocenters. The molecule has 0 saturated heterocycles. The first-order valence-electron chi connectivity index (χ1n) is 6.64. The number of hydrogen-bond acceptors (Lipinski definition) is 2. The zero-order valence-electron chi connectivity index (χ0n) is 11.5. The quantitative estimate of drug-likeness (QED) is 0.781. The first kappa shape index (κ1) is 13.9. The van der Waals surface area contributed by atoms with Gasteiger partial charge in [-0.15, -0.1) is 0 Å². The van der Waals surface area contributed by atoms with Crippen molar-refractivity contribution in [1.29, 1.82) is 0 Å². The van der Waals surface area contributed by atoms with E-state index in [1.807, 2.05) is 30.3 Å². The van der Waals surface area contributed by atoms with Crippen molar-refractivity contribution in [2.24, 2.45) is 0 Å². The lowest BCUT2D eigenvalue weighted by Crippen LogP contribution is -2.24. The first-order valence-corrected chi connectivity index (χ1v) is 6.64. The molecular formula is C16H19N3O. The van der Waals surface area contributed by atoms with Crippen LogP contribution in [0.5, 0.6) is 0 Å². The molecule has 3 N–H and O–H groups in total. The molecule has 0 aliphatic carbocycles. The molecule has 2 rings (SSSR count). The van der Waals surface area contributed by atoms with Gasteiger partial charge in [0.2, 0.25) is 0 Å². The third kappa shape index (κ3) is 4.31. The number of carbonyl (C=O) groups excluding carboxylic acids is 1. The van der Waals surface area contributed by atoms with Gasteiger partial charge in [0, 0.05) is 25.0 Å². The molecule has 0 unspecified atom stereocenters. The van der Waals surface area contributed by atoms with Crippen LogP contribution < -0.4 is 16.0 Å². The number of rotatable bonds is 5. The zero-order valence-corrected chi connectivity index (χ0v) is 11.5. The number of carbonyl (C=O) groups is 1. The molecule has 104 valence electrons. The third-order valence-electron chi connectivity index (χ3n) is 2.96. The first-order chi connectivity index (χ1) is 9.78. The van der Waals surface area contributed by atoms with Crippen molar-refractivity contribution in [1.82, 2.24) is 5.32 Å². The Hall–Kier alpha value is -2.49. The second-order valence-electron chi connectivity index (χ2n) is 4.44. The molecule has 0 spiro atoms. The maximum atomic E-state index is 11.2. The molecular weight excluding hydrogens is 250 g/mol. The van der Waals surface area contributed by atoms with Gasteiger partial charge < -0.3 is 16.0 Å². The lowest BCUT2D eigenvalue weighted by atomic mass is 10.1. The molecule has 0 radical (unpaired) electrons. The molecule has 0 fully saturated rings. The van der Waals surface area contributed by atoms with Crippen molar-refractivity contribution in [2.45, 2.75) is 6.42 Å². The van der Waals surface area contributed by atoms with E-state index < -0.39 is 0 Å². The fourth-order valence-electron chi connectivity index (χ4n) is 1.86. The highest BCUT2D eigenvalue weighted by atomic mass is 16.2. The predicted octanol–water partition coefficient (Wildman–Crippen LogP) is 3.09. The summed E-state index contributed by atoms with van der Waals surface area (Å²) in [4.78, 5) is 11.2. The van der Waals surface area contributed by atoms with E-state index in [4.69, 9.17) is 0 Å². The Morgan fingerprint density at radius 2 is 1.60 bits per heavy atom. The Bertz CT molecular complexity index is 537.